The van der Waals surface area contributed by atoms with Gasteiger partial charge < -0.3 is 20.2 Å². The van der Waals surface area contributed by atoms with Crippen LogP contribution in [0.3, 0.4) is 0 Å². The van der Waals surface area contributed by atoms with E-state index in [1.54, 1.807) is 23.1 Å². The molecule has 1 unspecified atom stereocenters. The fourth-order valence-electron chi connectivity index (χ4n) is 5.63. The van der Waals surface area contributed by atoms with Gasteiger partial charge in [-0.3, -0.25) is 14.4 Å². The van der Waals surface area contributed by atoms with E-state index >= 15 is 0 Å². The number of carbonyl (C=O) groups excluding carboxylic acids is 3. The molecule has 1 saturated heterocycles. The third kappa shape index (κ3) is 10.0. The zero-order valence-corrected chi connectivity index (χ0v) is 25.1. The third-order valence-electron chi connectivity index (χ3n) is 8.05. The number of hydrogen-bond acceptors (Lipinski definition) is 4. The first-order chi connectivity index (χ1) is 20.7. The lowest BCUT2D eigenvalue weighted by Crippen LogP contribution is -2.47. The molecule has 0 radical (unpaired) electrons. The Kier molecular flexibility index (Phi) is 13.3. The van der Waals surface area contributed by atoms with Crippen molar-refractivity contribution in [3.8, 4) is 5.75 Å². The molecular weight excluding hydrogens is 559 g/mol. The van der Waals surface area contributed by atoms with Gasteiger partial charge in [-0.05, 0) is 73.8 Å². The number of rotatable bonds is 12. The number of nitrogens with one attached hydrogen (secondary N) is 1. The number of aryl methyl sites for hydroxylation is 1. The summed E-state index contributed by atoms with van der Waals surface area (Å²) in [4.78, 5) is 42.9. The minimum Gasteiger partial charge on any atom is -0.508 e. The van der Waals surface area contributed by atoms with Gasteiger partial charge in [-0.1, -0.05) is 44.2 Å². The fourth-order valence-corrected chi connectivity index (χ4v) is 5.63. The SMILES string of the molecule is CC.O=C(NCC1CCC(F)CC1)C(c1cccc(C(F)F)c1)N(CCN1CCCC1=O)C(=O)CCc1ccc(O)cc1.[HH]. The van der Waals surface area contributed by atoms with Gasteiger partial charge in [0.1, 0.15) is 18.0 Å². The van der Waals surface area contributed by atoms with Gasteiger partial charge in [0, 0.05) is 46.0 Å². The molecule has 2 aliphatic rings. The van der Waals surface area contributed by atoms with Crippen molar-refractivity contribution in [2.75, 3.05) is 26.2 Å². The van der Waals surface area contributed by atoms with Crippen LogP contribution in [0.4, 0.5) is 13.2 Å². The van der Waals surface area contributed by atoms with E-state index < -0.39 is 24.5 Å². The van der Waals surface area contributed by atoms with Gasteiger partial charge >= 0.3 is 0 Å². The Morgan fingerprint density at radius 3 is 2.37 bits per heavy atom. The van der Waals surface area contributed by atoms with Crippen molar-refractivity contribution in [1.82, 2.24) is 15.1 Å². The van der Waals surface area contributed by atoms with Crippen LogP contribution in [0, 0.1) is 5.92 Å². The summed E-state index contributed by atoms with van der Waals surface area (Å²) in [6.07, 6.45) is 0.0907. The molecule has 2 aromatic rings. The Hall–Kier alpha value is -3.56. The molecule has 1 aliphatic heterocycles. The highest BCUT2D eigenvalue weighted by Crippen LogP contribution is 2.29. The normalized spacial score (nSPS) is 19.0. The average Bonchev–Trinajstić information content (AvgIpc) is 3.43. The van der Waals surface area contributed by atoms with Crippen LogP contribution in [0.1, 0.15) is 89.4 Å². The number of carbonyl (C=O) groups is 3. The van der Waals surface area contributed by atoms with Crippen LogP contribution in [0.25, 0.3) is 0 Å². The van der Waals surface area contributed by atoms with Gasteiger partial charge in [0.2, 0.25) is 17.7 Å². The summed E-state index contributed by atoms with van der Waals surface area (Å²) in [6, 6.07) is 10.8. The topological polar surface area (TPSA) is 90.0 Å². The van der Waals surface area contributed by atoms with E-state index in [-0.39, 0.29) is 55.5 Å². The zero-order valence-electron chi connectivity index (χ0n) is 25.1. The maximum absolute atomic E-state index is 13.8. The number of phenols is 1. The number of nitrogens with zero attached hydrogens (tertiary/aromatic N) is 2. The first-order valence-electron chi connectivity index (χ1n) is 15.4. The number of benzene rings is 2. The van der Waals surface area contributed by atoms with Crippen molar-refractivity contribution in [3.05, 3.63) is 65.2 Å². The van der Waals surface area contributed by atoms with Gasteiger partial charge in [0.25, 0.3) is 6.43 Å². The molecule has 238 valence electrons. The number of likely N-dealkylation sites (tertiary alicyclic amines) is 1. The molecule has 2 aromatic carbocycles. The van der Waals surface area contributed by atoms with E-state index in [4.69, 9.17) is 0 Å². The summed E-state index contributed by atoms with van der Waals surface area (Å²) in [7, 11) is 0. The van der Waals surface area contributed by atoms with E-state index in [1.165, 1.54) is 35.2 Å². The van der Waals surface area contributed by atoms with E-state index in [0.29, 0.717) is 51.6 Å². The van der Waals surface area contributed by atoms with Gasteiger partial charge in [-0.25, -0.2) is 13.2 Å². The molecule has 4 rings (SSSR count). The Morgan fingerprint density at radius 1 is 1.07 bits per heavy atom. The molecule has 3 amide bonds. The van der Waals surface area contributed by atoms with Crippen LogP contribution in [0.5, 0.6) is 5.75 Å². The highest BCUT2D eigenvalue weighted by atomic mass is 19.3. The van der Waals surface area contributed by atoms with Crippen molar-refractivity contribution < 1.29 is 34.1 Å². The first-order valence-corrected chi connectivity index (χ1v) is 15.4. The molecule has 2 fully saturated rings. The second-order valence-corrected chi connectivity index (χ2v) is 11.0. The second kappa shape index (κ2) is 16.9. The highest BCUT2D eigenvalue weighted by Gasteiger charge is 2.33. The molecule has 0 spiro atoms. The van der Waals surface area contributed by atoms with Crippen LogP contribution < -0.4 is 5.32 Å². The minimum atomic E-state index is -2.75. The zero-order chi connectivity index (χ0) is 31.4. The Morgan fingerprint density at radius 2 is 1.74 bits per heavy atom. The van der Waals surface area contributed by atoms with Crippen molar-refractivity contribution in [3.63, 3.8) is 0 Å². The number of aromatic hydroxyl groups is 1. The summed E-state index contributed by atoms with van der Waals surface area (Å²) in [5.74, 6) is -0.673. The lowest BCUT2D eigenvalue weighted by atomic mass is 9.88. The minimum absolute atomic E-state index is 0. The summed E-state index contributed by atoms with van der Waals surface area (Å²) < 4.78 is 40.9. The maximum Gasteiger partial charge on any atom is 0.263 e. The van der Waals surface area contributed by atoms with Crippen LogP contribution in [0.15, 0.2) is 48.5 Å². The molecule has 0 aromatic heterocycles. The van der Waals surface area contributed by atoms with Crippen LogP contribution in [-0.2, 0) is 20.8 Å². The smallest absolute Gasteiger partial charge is 0.263 e. The largest absolute Gasteiger partial charge is 0.508 e. The fraction of sp³-hybridized carbons (Fsp3) is 0.545. The van der Waals surface area contributed by atoms with Crippen molar-refractivity contribution >= 4 is 17.7 Å². The van der Waals surface area contributed by atoms with Crippen molar-refractivity contribution in [2.24, 2.45) is 5.92 Å². The number of phenolic OH excluding ortho intramolecular Hbond substituents is 1. The van der Waals surface area contributed by atoms with Crippen LogP contribution >= 0.6 is 0 Å². The quantitative estimate of drug-likeness (QED) is 0.294. The second-order valence-electron chi connectivity index (χ2n) is 11.0. The number of hydrogen-bond donors (Lipinski definition) is 2. The van der Waals surface area contributed by atoms with E-state index in [1.807, 2.05) is 13.8 Å². The van der Waals surface area contributed by atoms with E-state index in [9.17, 15) is 32.7 Å². The molecule has 2 N–H and O–H groups in total. The number of alkyl halides is 3. The standard InChI is InChI=1S/C31H38F3N3O4.C2H6.H2/c32-25-11-6-22(7-12-25)20-35-31(41)29(23-3-1-4-24(19-23)30(33)34)37(18-17-36-16-2-5-27(36)39)28(40)15-10-21-8-13-26(38)14-9-21;1-2;/h1,3-4,8-9,13-14,19,22,25,29-30,38H,2,5-7,10-12,15-18,20H2,(H,35,41);1-2H3;1H. The summed E-state index contributed by atoms with van der Waals surface area (Å²) >= 11 is 0. The lowest BCUT2D eigenvalue weighted by Gasteiger charge is -2.34. The Balaban J connectivity index is 0.00000220. The third-order valence-corrected chi connectivity index (χ3v) is 8.05. The monoisotopic (exact) mass is 605 g/mol. The van der Waals surface area contributed by atoms with Crippen molar-refractivity contribution in [2.45, 2.75) is 83.9 Å². The summed E-state index contributed by atoms with van der Waals surface area (Å²) in [5, 5.41) is 12.5. The van der Waals surface area contributed by atoms with Gasteiger partial charge in [-0.15, -0.1) is 0 Å². The predicted molar refractivity (Wildman–Crippen MR) is 161 cm³/mol. The lowest BCUT2D eigenvalue weighted by molar-refractivity contribution is -0.141. The molecule has 43 heavy (non-hydrogen) atoms. The predicted octanol–water partition coefficient (Wildman–Crippen LogP) is 6.37. The Bertz CT molecular complexity index is 1190. The molecule has 0 bridgehead atoms. The summed E-state index contributed by atoms with van der Waals surface area (Å²) in [5.41, 5.74) is 0.821. The van der Waals surface area contributed by atoms with Crippen LogP contribution in [0.2, 0.25) is 0 Å². The molecule has 1 heterocycles. The maximum atomic E-state index is 13.8. The van der Waals surface area contributed by atoms with Gasteiger partial charge in [0.15, 0.2) is 0 Å². The number of halogens is 3. The van der Waals surface area contributed by atoms with Gasteiger partial charge in [0.05, 0.1) is 0 Å². The molecule has 10 heteroatoms. The van der Waals surface area contributed by atoms with Crippen LogP contribution in [-0.4, -0.2) is 65.0 Å². The molecular formula is C33H46F3N3O4. The molecule has 1 atom stereocenters. The van der Waals surface area contributed by atoms with Crippen molar-refractivity contribution in [1.29, 1.82) is 0 Å². The average molecular weight is 606 g/mol. The molecule has 7 nitrogen and oxygen atoms in total. The summed E-state index contributed by atoms with van der Waals surface area (Å²) in [6.45, 7) is 5.15. The first kappa shape index (κ1) is 33.9. The number of amides is 3. The van der Waals surface area contributed by atoms with Gasteiger partial charge in [-0.2, -0.15) is 0 Å². The van der Waals surface area contributed by atoms with E-state index in [2.05, 4.69) is 5.32 Å². The molecule has 1 aliphatic carbocycles. The Labute approximate surface area is 253 Å². The van der Waals surface area contributed by atoms with E-state index in [0.717, 1.165) is 12.0 Å². The highest BCUT2D eigenvalue weighted by molar-refractivity contribution is 5.89. The molecule has 1 saturated carbocycles.